The summed E-state index contributed by atoms with van der Waals surface area (Å²) >= 11 is 0. The number of carbonyl (C=O) groups is 1. The summed E-state index contributed by atoms with van der Waals surface area (Å²) in [6, 6.07) is 7.98. The van der Waals surface area contributed by atoms with Crippen LogP contribution in [-0.2, 0) is 0 Å². The number of ether oxygens (including phenoxy) is 1. The molecule has 0 aliphatic rings. The van der Waals surface area contributed by atoms with Crippen molar-refractivity contribution in [1.82, 2.24) is 4.90 Å². The molecule has 3 heteroatoms. The highest BCUT2D eigenvalue weighted by atomic mass is 16.5. The maximum Gasteiger partial charge on any atom is 0.163 e. The van der Waals surface area contributed by atoms with Crippen LogP contribution in [0.25, 0.3) is 0 Å². The largest absolute Gasteiger partial charge is 0.491 e. The van der Waals surface area contributed by atoms with E-state index in [4.69, 9.17) is 4.74 Å². The van der Waals surface area contributed by atoms with E-state index in [9.17, 15) is 4.79 Å². The van der Waals surface area contributed by atoms with E-state index < -0.39 is 0 Å². The lowest BCUT2D eigenvalue weighted by Crippen LogP contribution is -2.32. The minimum atomic E-state index is 0.0447. The molecule has 106 valence electrons. The smallest absolute Gasteiger partial charge is 0.163 e. The fourth-order valence-electron chi connectivity index (χ4n) is 2.04. The molecule has 0 spiro atoms. The first-order valence-electron chi connectivity index (χ1n) is 6.99. The maximum absolute atomic E-state index is 11.5. The number of rotatable bonds is 8. The lowest BCUT2D eigenvalue weighted by Gasteiger charge is -2.24. The van der Waals surface area contributed by atoms with Crippen molar-refractivity contribution in [3.8, 4) is 5.75 Å². The normalized spacial score (nSPS) is 12.5. The third kappa shape index (κ3) is 5.03. The Balaban J connectivity index is 2.47. The van der Waals surface area contributed by atoms with Gasteiger partial charge in [0.05, 0.1) is 5.56 Å². The van der Waals surface area contributed by atoms with E-state index in [1.807, 2.05) is 18.2 Å². The summed E-state index contributed by atoms with van der Waals surface area (Å²) in [7, 11) is 2.11. The van der Waals surface area contributed by atoms with Gasteiger partial charge in [0.1, 0.15) is 12.4 Å². The molecule has 1 unspecified atom stereocenters. The van der Waals surface area contributed by atoms with E-state index in [1.54, 1.807) is 13.0 Å². The van der Waals surface area contributed by atoms with Crippen LogP contribution in [0, 0.1) is 0 Å². The Hall–Kier alpha value is -1.35. The highest BCUT2D eigenvalue weighted by Crippen LogP contribution is 2.18. The van der Waals surface area contributed by atoms with E-state index in [2.05, 4.69) is 25.8 Å². The number of hydrogen-bond acceptors (Lipinski definition) is 3. The monoisotopic (exact) mass is 263 g/mol. The van der Waals surface area contributed by atoms with Gasteiger partial charge in [0, 0.05) is 12.6 Å². The van der Waals surface area contributed by atoms with Crippen LogP contribution in [0.2, 0.25) is 0 Å². The van der Waals surface area contributed by atoms with Crippen molar-refractivity contribution in [3.63, 3.8) is 0 Å². The minimum Gasteiger partial charge on any atom is -0.491 e. The fourth-order valence-corrected chi connectivity index (χ4v) is 2.04. The highest BCUT2D eigenvalue weighted by molar-refractivity contribution is 5.96. The van der Waals surface area contributed by atoms with E-state index in [1.165, 1.54) is 12.8 Å². The Bertz CT molecular complexity index is 403. The number of carbonyl (C=O) groups excluding carboxylic acids is 1. The van der Waals surface area contributed by atoms with Crippen LogP contribution in [0.1, 0.15) is 44.0 Å². The first kappa shape index (κ1) is 15.7. The zero-order valence-corrected chi connectivity index (χ0v) is 12.5. The molecule has 0 heterocycles. The molecule has 0 saturated heterocycles. The second kappa shape index (κ2) is 7.95. The topological polar surface area (TPSA) is 29.5 Å². The van der Waals surface area contributed by atoms with Crippen molar-refractivity contribution in [1.29, 1.82) is 0 Å². The quantitative estimate of drug-likeness (QED) is 0.673. The molecule has 0 aliphatic heterocycles. The van der Waals surface area contributed by atoms with Crippen LogP contribution >= 0.6 is 0 Å². The van der Waals surface area contributed by atoms with Gasteiger partial charge in [0.25, 0.3) is 0 Å². The predicted octanol–water partition coefficient (Wildman–Crippen LogP) is 3.39. The van der Waals surface area contributed by atoms with Gasteiger partial charge in [-0.2, -0.15) is 0 Å². The van der Waals surface area contributed by atoms with Crippen molar-refractivity contribution in [2.24, 2.45) is 0 Å². The number of Topliss-reactive ketones (excluding diaryl/α,β-unsaturated/α-hetero) is 1. The minimum absolute atomic E-state index is 0.0447. The summed E-state index contributed by atoms with van der Waals surface area (Å²) in [5.74, 6) is 0.731. The standard InChI is InChI=1S/C16H25NO2/c1-5-8-13(2)17(4)11-12-19-16-10-7-6-9-15(16)14(3)18/h6-7,9-10,13H,5,8,11-12H2,1-4H3. The third-order valence-electron chi connectivity index (χ3n) is 3.43. The average Bonchev–Trinajstić information content (AvgIpc) is 2.39. The van der Waals surface area contributed by atoms with E-state index in [0.717, 1.165) is 6.54 Å². The maximum atomic E-state index is 11.5. The van der Waals surface area contributed by atoms with Crippen LogP contribution in [0.15, 0.2) is 24.3 Å². The summed E-state index contributed by atoms with van der Waals surface area (Å²) < 4.78 is 5.73. The van der Waals surface area contributed by atoms with E-state index in [0.29, 0.717) is 24.0 Å². The molecule has 0 aromatic heterocycles. The van der Waals surface area contributed by atoms with Gasteiger partial charge in [-0.05, 0) is 39.4 Å². The van der Waals surface area contributed by atoms with Gasteiger partial charge in [0.2, 0.25) is 0 Å². The van der Waals surface area contributed by atoms with Crippen molar-refractivity contribution < 1.29 is 9.53 Å². The van der Waals surface area contributed by atoms with Crippen LogP contribution < -0.4 is 4.74 Å². The number of para-hydroxylation sites is 1. The first-order chi connectivity index (χ1) is 9.06. The number of ketones is 1. The van der Waals surface area contributed by atoms with Crippen LogP contribution in [0.4, 0.5) is 0 Å². The van der Waals surface area contributed by atoms with Gasteiger partial charge >= 0.3 is 0 Å². The molecule has 0 aliphatic carbocycles. The van der Waals surface area contributed by atoms with Crippen LogP contribution in [0.3, 0.4) is 0 Å². The average molecular weight is 263 g/mol. The fraction of sp³-hybridized carbons (Fsp3) is 0.562. The van der Waals surface area contributed by atoms with Gasteiger partial charge < -0.3 is 9.64 Å². The van der Waals surface area contributed by atoms with E-state index in [-0.39, 0.29) is 5.78 Å². The number of benzene rings is 1. The Morgan fingerprint density at radius 3 is 2.68 bits per heavy atom. The molecule has 3 nitrogen and oxygen atoms in total. The van der Waals surface area contributed by atoms with E-state index >= 15 is 0 Å². The Morgan fingerprint density at radius 2 is 2.05 bits per heavy atom. The molecule has 1 aromatic carbocycles. The van der Waals surface area contributed by atoms with Crippen molar-refractivity contribution in [2.45, 2.75) is 39.7 Å². The van der Waals surface area contributed by atoms with Gasteiger partial charge in [-0.3, -0.25) is 4.79 Å². The predicted molar refractivity (Wildman–Crippen MR) is 78.9 cm³/mol. The molecule has 0 saturated carbocycles. The first-order valence-corrected chi connectivity index (χ1v) is 6.99. The summed E-state index contributed by atoms with van der Waals surface area (Å²) in [5, 5.41) is 0. The third-order valence-corrected chi connectivity index (χ3v) is 3.43. The number of likely N-dealkylation sites (N-methyl/N-ethyl adjacent to an activating group) is 1. The molecule has 0 fully saturated rings. The van der Waals surface area contributed by atoms with Crippen LogP contribution in [-0.4, -0.2) is 36.9 Å². The molecule has 0 radical (unpaired) electrons. The number of nitrogens with zero attached hydrogens (tertiary/aromatic N) is 1. The molecule has 19 heavy (non-hydrogen) atoms. The Labute approximate surface area is 116 Å². The van der Waals surface area contributed by atoms with Crippen LogP contribution in [0.5, 0.6) is 5.75 Å². The van der Waals surface area contributed by atoms with Gasteiger partial charge in [0.15, 0.2) is 5.78 Å². The van der Waals surface area contributed by atoms with Crippen molar-refractivity contribution in [2.75, 3.05) is 20.2 Å². The molecule has 1 atom stereocenters. The highest BCUT2D eigenvalue weighted by Gasteiger charge is 2.10. The second-order valence-electron chi connectivity index (χ2n) is 5.02. The lowest BCUT2D eigenvalue weighted by molar-refractivity contribution is 0.101. The van der Waals surface area contributed by atoms with Gasteiger partial charge in [-0.25, -0.2) is 0 Å². The molecular weight excluding hydrogens is 238 g/mol. The summed E-state index contributed by atoms with van der Waals surface area (Å²) in [6.45, 7) is 7.47. The SMILES string of the molecule is CCCC(C)N(C)CCOc1ccccc1C(C)=O. The van der Waals surface area contributed by atoms with Crippen molar-refractivity contribution >= 4 is 5.78 Å². The molecule has 0 N–H and O–H groups in total. The van der Waals surface area contributed by atoms with Gasteiger partial charge in [-0.1, -0.05) is 25.5 Å². The summed E-state index contributed by atoms with van der Waals surface area (Å²) in [6.07, 6.45) is 2.39. The zero-order chi connectivity index (χ0) is 14.3. The molecule has 0 bridgehead atoms. The Morgan fingerprint density at radius 1 is 1.37 bits per heavy atom. The molecule has 1 aromatic rings. The Kier molecular flexibility index (Phi) is 6.57. The van der Waals surface area contributed by atoms with Crippen molar-refractivity contribution in [3.05, 3.63) is 29.8 Å². The van der Waals surface area contributed by atoms with Gasteiger partial charge in [-0.15, -0.1) is 0 Å². The summed E-state index contributed by atoms with van der Waals surface area (Å²) in [5.41, 5.74) is 0.659. The molecular formula is C16H25NO2. The number of hydrogen-bond donors (Lipinski definition) is 0. The zero-order valence-electron chi connectivity index (χ0n) is 12.5. The summed E-state index contributed by atoms with van der Waals surface area (Å²) in [4.78, 5) is 13.8. The lowest BCUT2D eigenvalue weighted by atomic mass is 10.1. The molecule has 1 rings (SSSR count). The molecule has 0 amide bonds. The second-order valence-corrected chi connectivity index (χ2v) is 5.02.